The monoisotopic (exact) mass is 230 g/mol. The van der Waals surface area contributed by atoms with E-state index in [9.17, 15) is 0 Å². The van der Waals surface area contributed by atoms with Gasteiger partial charge in [-0.2, -0.15) is 0 Å². The molecule has 0 saturated heterocycles. The van der Waals surface area contributed by atoms with Crippen LogP contribution in [-0.4, -0.2) is 15.0 Å². The Kier molecular flexibility index (Phi) is 3.54. The van der Waals surface area contributed by atoms with Crippen LogP contribution >= 0.6 is 0 Å². The quantitative estimate of drug-likeness (QED) is 0.874. The summed E-state index contributed by atoms with van der Waals surface area (Å²) in [6.45, 7) is 5.04. The van der Waals surface area contributed by atoms with E-state index in [4.69, 9.17) is 5.73 Å². The van der Waals surface area contributed by atoms with Gasteiger partial charge < -0.3 is 5.73 Å². The van der Waals surface area contributed by atoms with Crippen LogP contribution in [-0.2, 0) is 6.54 Å². The van der Waals surface area contributed by atoms with Crippen LogP contribution in [0.2, 0.25) is 0 Å². The van der Waals surface area contributed by atoms with Crippen molar-refractivity contribution >= 4 is 0 Å². The Morgan fingerprint density at radius 3 is 2.65 bits per heavy atom. The third-order valence-electron chi connectivity index (χ3n) is 2.84. The molecular formula is C13H18N4. The first kappa shape index (κ1) is 11.8. The zero-order chi connectivity index (χ0) is 12.3. The number of hydrogen-bond acceptors (Lipinski definition) is 3. The molecular weight excluding hydrogens is 212 g/mol. The zero-order valence-corrected chi connectivity index (χ0v) is 10.3. The smallest absolute Gasteiger partial charge is 0.0799 e. The van der Waals surface area contributed by atoms with Crippen molar-refractivity contribution in [3.63, 3.8) is 0 Å². The second-order valence-corrected chi connectivity index (χ2v) is 4.27. The molecule has 90 valence electrons. The molecule has 1 aromatic carbocycles. The standard InChI is InChI=1S/C13H18N4/c1-3-8-17-12(9-15-16-17)13(14)11-6-4-10(2)5-7-11/h4-7,9,13H,3,8,14H2,1-2H3. The zero-order valence-electron chi connectivity index (χ0n) is 10.3. The third-order valence-corrected chi connectivity index (χ3v) is 2.84. The molecule has 1 atom stereocenters. The molecule has 0 radical (unpaired) electrons. The first-order chi connectivity index (χ1) is 8.22. The first-order valence-electron chi connectivity index (χ1n) is 5.93. The minimum Gasteiger partial charge on any atom is -0.319 e. The highest BCUT2D eigenvalue weighted by molar-refractivity contribution is 5.28. The lowest BCUT2D eigenvalue weighted by molar-refractivity contribution is 0.543. The number of aromatic nitrogens is 3. The summed E-state index contributed by atoms with van der Waals surface area (Å²) < 4.78 is 1.88. The van der Waals surface area contributed by atoms with Crippen LogP contribution in [0.25, 0.3) is 0 Å². The Hall–Kier alpha value is -1.68. The van der Waals surface area contributed by atoms with Gasteiger partial charge in [-0.3, -0.25) is 0 Å². The SMILES string of the molecule is CCCn1nncc1C(N)c1ccc(C)cc1. The van der Waals surface area contributed by atoms with Crippen LogP contribution in [0.3, 0.4) is 0 Å². The molecule has 0 aliphatic heterocycles. The van der Waals surface area contributed by atoms with Gasteiger partial charge in [0.15, 0.2) is 0 Å². The number of hydrogen-bond donors (Lipinski definition) is 1. The van der Waals surface area contributed by atoms with Crippen molar-refractivity contribution in [1.82, 2.24) is 15.0 Å². The van der Waals surface area contributed by atoms with E-state index in [0.29, 0.717) is 0 Å². The lowest BCUT2D eigenvalue weighted by Crippen LogP contribution is -2.17. The number of rotatable bonds is 4. The molecule has 0 aliphatic rings. The van der Waals surface area contributed by atoms with Crippen molar-refractivity contribution in [3.05, 3.63) is 47.3 Å². The average Bonchev–Trinajstić information content (AvgIpc) is 2.78. The summed E-state index contributed by atoms with van der Waals surface area (Å²) in [7, 11) is 0. The Bertz CT molecular complexity index is 472. The minimum absolute atomic E-state index is 0.155. The number of benzene rings is 1. The predicted octanol–water partition coefficient (Wildman–Crippen LogP) is 2.04. The van der Waals surface area contributed by atoms with Crippen molar-refractivity contribution in [1.29, 1.82) is 0 Å². The van der Waals surface area contributed by atoms with Gasteiger partial charge in [-0.05, 0) is 18.9 Å². The van der Waals surface area contributed by atoms with E-state index in [-0.39, 0.29) is 6.04 Å². The highest BCUT2D eigenvalue weighted by atomic mass is 15.4. The van der Waals surface area contributed by atoms with Gasteiger partial charge in [-0.25, -0.2) is 4.68 Å². The normalized spacial score (nSPS) is 12.6. The topological polar surface area (TPSA) is 56.7 Å². The van der Waals surface area contributed by atoms with Gasteiger partial charge in [0.1, 0.15) is 0 Å². The minimum atomic E-state index is -0.155. The number of aryl methyl sites for hydroxylation is 2. The Morgan fingerprint density at radius 1 is 1.29 bits per heavy atom. The summed E-state index contributed by atoms with van der Waals surface area (Å²) in [5, 5.41) is 7.99. The molecule has 0 saturated carbocycles. The van der Waals surface area contributed by atoms with Crippen molar-refractivity contribution < 1.29 is 0 Å². The molecule has 1 aromatic heterocycles. The van der Waals surface area contributed by atoms with Gasteiger partial charge in [0.25, 0.3) is 0 Å². The average molecular weight is 230 g/mol. The van der Waals surface area contributed by atoms with Crippen molar-refractivity contribution in [2.75, 3.05) is 0 Å². The molecule has 0 aliphatic carbocycles. The molecule has 1 heterocycles. The molecule has 0 amide bonds. The van der Waals surface area contributed by atoms with Crippen LogP contribution in [0, 0.1) is 6.92 Å². The predicted molar refractivity (Wildman–Crippen MR) is 67.5 cm³/mol. The fourth-order valence-corrected chi connectivity index (χ4v) is 1.84. The molecule has 4 heteroatoms. The fraction of sp³-hybridized carbons (Fsp3) is 0.385. The largest absolute Gasteiger partial charge is 0.319 e. The van der Waals surface area contributed by atoms with E-state index in [1.54, 1.807) is 6.20 Å². The number of nitrogens with two attached hydrogens (primary N) is 1. The lowest BCUT2D eigenvalue weighted by atomic mass is 10.0. The summed E-state index contributed by atoms with van der Waals surface area (Å²) >= 11 is 0. The molecule has 2 N–H and O–H groups in total. The highest BCUT2D eigenvalue weighted by Crippen LogP contribution is 2.19. The molecule has 0 spiro atoms. The molecule has 4 nitrogen and oxygen atoms in total. The summed E-state index contributed by atoms with van der Waals surface area (Å²) in [5.41, 5.74) is 9.54. The Morgan fingerprint density at radius 2 is 2.00 bits per heavy atom. The van der Waals surface area contributed by atoms with Gasteiger partial charge in [0.2, 0.25) is 0 Å². The lowest BCUT2D eigenvalue weighted by Gasteiger charge is -2.13. The van der Waals surface area contributed by atoms with Crippen molar-refractivity contribution in [2.24, 2.45) is 5.73 Å². The maximum Gasteiger partial charge on any atom is 0.0799 e. The molecule has 0 fully saturated rings. The molecule has 0 bridgehead atoms. The highest BCUT2D eigenvalue weighted by Gasteiger charge is 2.14. The van der Waals surface area contributed by atoms with Gasteiger partial charge >= 0.3 is 0 Å². The maximum absolute atomic E-state index is 6.24. The van der Waals surface area contributed by atoms with Crippen LogP contribution in [0.4, 0.5) is 0 Å². The second kappa shape index (κ2) is 5.10. The molecule has 1 unspecified atom stereocenters. The second-order valence-electron chi connectivity index (χ2n) is 4.27. The summed E-state index contributed by atoms with van der Waals surface area (Å²) in [4.78, 5) is 0. The first-order valence-corrected chi connectivity index (χ1v) is 5.93. The van der Waals surface area contributed by atoms with Crippen molar-refractivity contribution in [3.8, 4) is 0 Å². The summed E-state index contributed by atoms with van der Waals surface area (Å²) in [6.07, 6.45) is 2.77. The Balaban J connectivity index is 2.26. The van der Waals surface area contributed by atoms with E-state index in [1.165, 1.54) is 5.56 Å². The molecule has 2 rings (SSSR count). The fourth-order valence-electron chi connectivity index (χ4n) is 1.84. The van der Waals surface area contributed by atoms with Crippen LogP contribution in [0.5, 0.6) is 0 Å². The Labute approximate surface area is 101 Å². The maximum atomic E-state index is 6.24. The van der Waals surface area contributed by atoms with E-state index in [1.807, 2.05) is 4.68 Å². The summed E-state index contributed by atoms with van der Waals surface area (Å²) in [5.74, 6) is 0. The van der Waals surface area contributed by atoms with E-state index >= 15 is 0 Å². The molecule has 17 heavy (non-hydrogen) atoms. The van der Waals surface area contributed by atoms with Gasteiger partial charge in [0.05, 0.1) is 17.9 Å². The number of nitrogens with zero attached hydrogens (tertiary/aromatic N) is 3. The third kappa shape index (κ3) is 2.53. The summed E-state index contributed by atoms with van der Waals surface area (Å²) in [6, 6.07) is 8.11. The van der Waals surface area contributed by atoms with E-state index in [0.717, 1.165) is 24.2 Å². The van der Waals surface area contributed by atoms with Crippen LogP contribution in [0.1, 0.15) is 36.2 Å². The van der Waals surface area contributed by atoms with Gasteiger partial charge in [0, 0.05) is 6.54 Å². The van der Waals surface area contributed by atoms with E-state index < -0.39 is 0 Å². The van der Waals surface area contributed by atoms with Crippen LogP contribution < -0.4 is 5.73 Å². The van der Waals surface area contributed by atoms with Crippen LogP contribution in [0.15, 0.2) is 30.5 Å². The van der Waals surface area contributed by atoms with Crippen molar-refractivity contribution in [2.45, 2.75) is 32.9 Å². The van der Waals surface area contributed by atoms with Gasteiger partial charge in [-0.15, -0.1) is 5.10 Å². The van der Waals surface area contributed by atoms with Gasteiger partial charge in [-0.1, -0.05) is 42.0 Å². The van der Waals surface area contributed by atoms with E-state index in [2.05, 4.69) is 48.4 Å². The molecule has 2 aromatic rings.